The number of amides is 1. The molecule has 4 rings (SSSR count). The quantitative estimate of drug-likeness (QED) is 0.718. The van der Waals surface area contributed by atoms with Gasteiger partial charge in [0.1, 0.15) is 5.82 Å². The van der Waals surface area contributed by atoms with Crippen LogP contribution in [0.2, 0.25) is 0 Å². The molecule has 2 unspecified atom stereocenters. The summed E-state index contributed by atoms with van der Waals surface area (Å²) < 4.78 is 11.0. The van der Waals surface area contributed by atoms with Crippen molar-refractivity contribution in [3.8, 4) is 11.3 Å². The number of carbonyl (C=O) groups excluding carboxylic acids is 1. The van der Waals surface area contributed by atoms with E-state index >= 15 is 0 Å². The molecule has 0 radical (unpaired) electrons. The Balaban J connectivity index is 1.33. The summed E-state index contributed by atoms with van der Waals surface area (Å²) >= 11 is 0. The van der Waals surface area contributed by atoms with Crippen molar-refractivity contribution in [3.63, 3.8) is 0 Å². The minimum Gasteiger partial charge on any atom is -0.444 e. The van der Waals surface area contributed by atoms with Crippen LogP contribution < -0.4 is 10.2 Å². The van der Waals surface area contributed by atoms with Crippen molar-refractivity contribution < 1.29 is 13.9 Å². The lowest BCUT2D eigenvalue weighted by atomic mass is 10.1. The predicted molar refractivity (Wildman–Crippen MR) is 110 cm³/mol. The third-order valence-electron chi connectivity index (χ3n) is 4.87. The highest BCUT2D eigenvalue weighted by Crippen LogP contribution is 2.20. The fraction of sp³-hybridized carbons (Fsp3) is 0.318. The van der Waals surface area contributed by atoms with Gasteiger partial charge < -0.3 is 19.4 Å². The first-order chi connectivity index (χ1) is 14.1. The van der Waals surface area contributed by atoms with Crippen LogP contribution in [0.1, 0.15) is 29.8 Å². The maximum atomic E-state index is 12.4. The zero-order chi connectivity index (χ0) is 20.2. The third-order valence-corrected chi connectivity index (χ3v) is 4.87. The van der Waals surface area contributed by atoms with Gasteiger partial charge in [0.15, 0.2) is 12.2 Å². The average molecular weight is 392 g/mol. The Labute approximate surface area is 169 Å². The Hall–Kier alpha value is -3.19. The predicted octanol–water partition coefficient (Wildman–Crippen LogP) is 3.28. The Morgan fingerprint density at radius 1 is 1.10 bits per heavy atom. The number of carbonyl (C=O) groups is 1. The second kappa shape index (κ2) is 8.45. The van der Waals surface area contributed by atoms with Gasteiger partial charge in [-0.25, -0.2) is 9.97 Å². The summed E-state index contributed by atoms with van der Waals surface area (Å²) in [5.41, 5.74) is 2.43. The molecule has 0 bridgehead atoms. The van der Waals surface area contributed by atoms with E-state index in [0.29, 0.717) is 17.9 Å². The van der Waals surface area contributed by atoms with Crippen LogP contribution >= 0.6 is 0 Å². The Morgan fingerprint density at radius 3 is 2.48 bits per heavy atom. The normalized spacial score (nSPS) is 19.2. The van der Waals surface area contributed by atoms with Crippen LogP contribution in [0.25, 0.3) is 11.3 Å². The molecular formula is C22H24N4O3. The van der Waals surface area contributed by atoms with Crippen LogP contribution in [0.5, 0.6) is 0 Å². The van der Waals surface area contributed by atoms with Crippen LogP contribution in [0.15, 0.2) is 59.6 Å². The minimum absolute atomic E-state index is 0.131. The summed E-state index contributed by atoms with van der Waals surface area (Å²) in [6, 6.07) is 11.2. The van der Waals surface area contributed by atoms with Crippen molar-refractivity contribution in [1.82, 2.24) is 15.3 Å². The Kier molecular flexibility index (Phi) is 5.57. The fourth-order valence-corrected chi connectivity index (χ4v) is 3.50. The van der Waals surface area contributed by atoms with E-state index in [1.165, 1.54) is 6.39 Å². The number of nitrogens with one attached hydrogen (secondary N) is 1. The van der Waals surface area contributed by atoms with Crippen molar-refractivity contribution in [3.05, 3.63) is 66.3 Å². The molecule has 7 nitrogen and oxygen atoms in total. The van der Waals surface area contributed by atoms with Gasteiger partial charge in [-0.15, -0.1) is 0 Å². The highest BCUT2D eigenvalue weighted by atomic mass is 16.5. The smallest absolute Gasteiger partial charge is 0.251 e. The number of benzene rings is 1. The van der Waals surface area contributed by atoms with Gasteiger partial charge in [0, 0.05) is 37.0 Å². The molecule has 0 spiro atoms. The molecule has 3 heterocycles. The number of pyridine rings is 1. The molecule has 1 aromatic carbocycles. The van der Waals surface area contributed by atoms with Crippen LogP contribution in [-0.2, 0) is 11.3 Å². The molecule has 0 saturated carbocycles. The number of rotatable bonds is 5. The summed E-state index contributed by atoms with van der Waals surface area (Å²) in [7, 11) is 0. The second-order valence-corrected chi connectivity index (χ2v) is 7.31. The molecule has 2 aromatic heterocycles. The number of hydrogen-bond acceptors (Lipinski definition) is 6. The molecule has 1 saturated heterocycles. The lowest BCUT2D eigenvalue weighted by Gasteiger charge is -2.36. The van der Waals surface area contributed by atoms with Gasteiger partial charge in [0.2, 0.25) is 0 Å². The van der Waals surface area contributed by atoms with E-state index in [0.717, 1.165) is 30.0 Å². The zero-order valence-corrected chi connectivity index (χ0v) is 16.5. The molecule has 1 aliphatic rings. The second-order valence-electron chi connectivity index (χ2n) is 7.31. The van der Waals surface area contributed by atoms with Crippen molar-refractivity contribution >= 4 is 11.7 Å². The molecule has 1 aliphatic heterocycles. The van der Waals surface area contributed by atoms with Gasteiger partial charge in [0.05, 0.1) is 18.4 Å². The van der Waals surface area contributed by atoms with Gasteiger partial charge in [-0.05, 0) is 37.6 Å². The molecule has 0 aliphatic carbocycles. The average Bonchev–Trinajstić information content (AvgIpc) is 3.27. The van der Waals surface area contributed by atoms with E-state index in [1.54, 1.807) is 18.3 Å². The summed E-state index contributed by atoms with van der Waals surface area (Å²) in [6.07, 6.45) is 5.22. The molecule has 1 N–H and O–H groups in total. The first-order valence-corrected chi connectivity index (χ1v) is 9.71. The maximum absolute atomic E-state index is 12.4. The molecule has 3 aromatic rings. The maximum Gasteiger partial charge on any atom is 0.251 e. The molecule has 7 heteroatoms. The molecule has 150 valence electrons. The van der Waals surface area contributed by atoms with Crippen LogP contribution in [0, 0.1) is 0 Å². The van der Waals surface area contributed by atoms with Gasteiger partial charge in [0.25, 0.3) is 5.91 Å². The lowest BCUT2D eigenvalue weighted by molar-refractivity contribution is -0.00546. The van der Waals surface area contributed by atoms with Gasteiger partial charge in [-0.2, -0.15) is 0 Å². The summed E-state index contributed by atoms with van der Waals surface area (Å²) in [4.78, 5) is 23.1. The van der Waals surface area contributed by atoms with E-state index in [-0.39, 0.29) is 18.1 Å². The number of anilines is 1. The fourth-order valence-electron chi connectivity index (χ4n) is 3.50. The Morgan fingerprint density at radius 2 is 1.86 bits per heavy atom. The number of morpholine rings is 1. The van der Waals surface area contributed by atoms with Crippen molar-refractivity contribution in [2.75, 3.05) is 18.0 Å². The lowest BCUT2D eigenvalue weighted by Crippen LogP contribution is -2.45. The number of ether oxygens (including phenoxy) is 1. The molecule has 1 fully saturated rings. The zero-order valence-electron chi connectivity index (χ0n) is 16.5. The number of oxazole rings is 1. The molecule has 2 atom stereocenters. The first-order valence-electron chi connectivity index (χ1n) is 9.71. The van der Waals surface area contributed by atoms with E-state index < -0.39 is 0 Å². The van der Waals surface area contributed by atoms with Gasteiger partial charge in [-0.3, -0.25) is 4.79 Å². The highest BCUT2D eigenvalue weighted by molar-refractivity contribution is 5.94. The molecule has 29 heavy (non-hydrogen) atoms. The summed E-state index contributed by atoms with van der Waals surface area (Å²) in [5.74, 6) is 1.48. The minimum atomic E-state index is -0.131. The van der Waals surface area contributed by atoms with Gasteiger partial charge in [-0.1, -0.05) is 18.2 Å². The standard InChI is InChI=1S/C22H24N4O3/c1-15-12-26(13-16(2)29-15)21-8-3-17(9-24-21)10-25-22(27)19-6-4-18(5-7-19)20-11-23-14-28-20/h3-9,11,14-16H,10,12-13H2,1-2H3,(H,25,27). The topological polar surface area (TPSA) is 80.5 Å². The summed E-state index contributed by atoms with van der Waals surface area (Å²) in [5, 5.41) is 2.93. The summed E-state index contributed by atoms with van der Waals surface area (Å²) in [6.45, 7) is 6.23. The van der Waals surface area contributed by atoms with Crippen molar-refractivity contribution in [2.45, 2.75) is 32.6 Å². The van der Waals surface area contributed by atoms with E-state index in [1.807, 2.05) is 30.5 Å². The van der Waals surface area contributed by atoms with Crippen molar-refractivity contribution in [1.29, 1.82) is 0 Å². The van der Waals surface area contributed by atoms with E-state index in [2.05, 4.69) is 34.0 Å². The van der Waals surface area contributed by atoms with Crippen LogP contribution in [0.4, 0.5) is 5.82 Å². The number of nitrogens with zero attached hydrogens (tertiary/aromatic N) is 3. The molecular weight excluding hydrogens is 368 g/mol. The highest BCUT2D eigenvalue weighted by Gasteiger charge is 2.23. The Bertz CT molecular complexity index is 929. The van der Waals surface area contributed by atoms with E-state index in [4.69, 9.17) is 9.15 Å². The number of aromatic nitrogens is 2. The third kappa shape index (κ3) is 4.63. The van der Waals surface area contributed by atoms with Crippen molar-refractivity contribution in [2.24, 2.45) is 0 Å². The van der Waals surface area contributed by atoms with Crippen LogP contribution in [0.3, 0.4) is 0 Å². The van der Waals surface area contributed by atoms with Gasteiger partial charge >= 0.3 is 0 Å². The first kappa shape index (κ1) is 19.1. The van der Waals surface area contributed by atoms with Crippen LogP contribution in [-0.4, -0.2) is 41.2 Å². The van der Waals surface area contributed by atoms with E-state index in [9.17, 15) is 4.79 Å². The monoisotopic (exact) mass is 392 g/mol. The SMILES string of the molecule is CC1CN(c2ccc(CNC(=O)c3ccc(-c4cnco4)cc3)cn2)CC(C)O1. The number of hydrogen-bond donors (Lipinski definition) is 1. The molecule has 1 amide bonds. The largest absolute Gasteiger partial charge is 0.444 e.